The van der Waals surface area contributed by atoms with Gasteiger partial charge in [0, 0.05) is 6.61 Å². The number of alkyl halides is 1. The van der Waals surface area contributed by atoms with Crippen LogP contribution in [0.4, 0.5) is 4.39 Å². The van der Waals surface area contributed by atoms with Gasteiger partial charge in [0.25, 0.3) is 0 Å². The summed E-state index contributed by atoms with van der Waals surface area (Å²) in [7, 11) is 0. The minimum absolute atomic E-state index is 0.243. The smallest absolute Gasteiger partial charge is 0.121 e. The standard InChI is InChI=1S/C8H17FO/c1-7(2)4-5-10-6-8(3)9/h7-8H,4-6H2,1-3H3. The Kier molecular flexibility index (Phi) is 5.60. The summed E-state index contributed by atoms with van der Waals surface area (Å²) in [6.07, 6.45) is 0.194. The molecule has 10 heavy (non-hydrogen) atoms. The lowest BCUT2D eigenvalue weighted by Crippen LogP contribution is -2.07. The SMILES string of the molecule is CC(C)CCOCC(C)F. The van der Waals surface area contributed by atoms with Gasteiger partial charge in [-0.1, -0.05) is 13.8 Å². The largest absolute Gasteiger partial charge is 0.378 e. The fraction of sp³-hybridized carbons (Fsp3) is 1.00. The second-order valence-electron chi connectivity index (χ2n) is 3.04. The summed E-state index contributed by atoms with van der Waals surface area (Å²) in [6, 6.07) is 0. The summed E-state index contributed by atoms with van der Waals surface area (Å²) in [5.41, 5.74) is 0. The maximum atomic E-state index is 12.1. The first-order valence-corrected chi connectivity index (χ1v) is 3.84. The van der Waals surface area contributed by atoms with E-state index in [0.29, 0.717) is 12.5 Å². The van der Waals surface area contributed by atoms with Gasteiger partial charge in [-0.25, -0.2) is 4.39 Å². The quantitative estimate of drug-likeness (QED) is 0.544. The highest BCUT2D eigenvalue weighted by Crippen LogP contribution is 1.99. The van der Waals surface area contributed by atoms with Gasteiger partial charge in [0.15, 0.2) is 0 Å². The van der Waals surface area contributed by atoms with E-state index in [4.69, 9.17) is 4.74 Å². The number of rotatable bonds is 5. The average Bonchev–Trinajstić information content (AvgIpc) is 1.79. The van der Waals surface area contributed by atoms with E-state index in [1.54, 1.807) is 0 Å². The van der Waals surface area contributed by atoms with Crippen molar-refractivity contribution in [3.05, 3.63) is 0 Å². The number of hydrogen-bond donors (Lipinski definition) is 0. The van der Waals surface area contributed by atoms with Crippen LogP contribution in [0.2, 0.25) is 0 Å². The van der Waals surface area contributed by atoms with Crippen LogP contribution in [0.5, 0.6) is 0 Å². The number of hydrogen-bond acceptors (Lipinski definition) is 1. The van der Waals surface area contributed by atoms with E-state index >= 15 is 0 Å². The Balaban J connectivity index is 2.91. The summed E-state index contributed by atoms with van der Waals surface area (Å²) in [4.78, 5) is 0. The van der Waals surface area contributed by atoms with E-state index in [0.717, 1.165) is 6.42 Å². The Morgan fingerprint density at radius 3 is 2.30 bits per heavy atom. The summed E-state index contributed by atoms with van der Waals surface area (Å²) in [5.74, 6) is 0.648. The fourth-order valence-electron chi connectivity index (χ4n) is 0.565. The molecule has 0 amide bonds. The van der Waals surface area contributed by atoms with Crippen LogP contribution < -0.4 is 0 Å². The zero-order chi connectivity index (χ0) is 7.98. The van der Waals surface area contributed by atoms with E-state index in [9.17, 15) is 4.39 Å². The van der Waals surface area contributed by atoms with E-state index in [1.807, 2.05) is 0 Å². The minimum atomic E-state index is -0.827. The molecule has 0 aliphatic heterocycles. The van der Waals surface area contributed by atoms with Crippen LogP contribution in [0.3, 0.4) is 0 Å². The van der Waals surface area contributed by atoms with E-state index in [-0.39, 0.29) is 6.61 Å². The molecule has 0 aliphatic rings. The zero-order valence-electron chi connectivity index (χ0n) is 7.06. The van der Waals surface area contributed by atoms with Gasteiger partial charge < -0.3 is 4.74 Å². The molecule has 0 saturated heterocycles. The van der Waals surface area contributed by atoms with E-state index < -0.39 is 6.17 Å². The molecule has 0 aliphatic carbocycles. The molecule has 0 saturated carbocycles. The molecule has 0 fully saturated rings. The van der Waals surface area contributed by atoms with Crippen molar-refractivity contribution in [1.82, 2.24) is 0 Å². The first-order chi connectivity index (χ1) is 4.63. The maximum absolute atomic E-state index is 12.1. The molecule has 0 aromatic carbocycles. The maximum Gasteiger partial charge on any atom is 0.121 e. The van der Waals surface area contributed by atoms with Crippen LogP contribution in [0.1, 0.15) is 27.2 Å². The Bertz CT molecular complexity index is 61.7. The Morgan fingerprint density at radius 2 is 1.90 bits per heavy atom. The van der Waals surface area contributed by atoms with Crippen molar-refractivity contribution in [3.63, 3.8) is 0 Å². The lowest BCUT2D eigenvalue weighted by Gasteiger charge is -2.06. The molecule has 1 unspecified atom stereocenters. The molecule has 0 radical (unpaired) electrons. The Labute approximate surface area is 62.6 Å². The summed E-state index contributed by atoms with van der Waals surface area (Å²) in [5, 5.41) is 0. The van der Waals surface area contributed by atoms with Gasteiger partial charge in [0.05, 0.1) is 6.61 Å². The van der Waals surface area contributed by atoms with Crippen LogP contribution in [0, 0.1) is 5.92 Å². The third-order valence-corrected chi connectivity index (χ3v) is 1.19. The number of halogens is 1. The Morgan fingerprint density at radius 1 is 1.30 bits per heavy atom. The molecule has 1 nitrogen and oxygen atoms in total. The average molecular weight is 148 g/mol. The second-order valence-corrected chi connectivity index (χ2v) is 3.04. The van der Waals surface area contributed by atoms with Crippen LogP contribution >= 0.6 is 0 Å². The molecule has 62 valence electrons. The van der Waals surface area contributed by atoms with Crippen LogP contribution in [-0.2, 0) is 4.74 Å². The molecule has 2 heteroatoms. The normalized spacial score (nSPS) is 14.1. The molecule has 0 rings (SSSR count). The van der Waals surface area contributed by atoms with Crippen molar-refractivity contribution < 1.29 is 9.13 Å². The van der Waals surface area contributed by atoms with Crippen LogP contribution in [0.25, 0.3) is 0 Å². The van der Waals surface area contributed by atoms with Gasteiger partial charge >= 0.3 is 0 Å². The first kappa shape index (κ1) is 9.89. The lowest BCUT2D eigenvalue weighted by atomic mass is 10.1. The van der Waals surface area contributed by atoms with Crippen LogP contribution in [0.15, 0.2) is 0 Å². The van der Waals surface area contributed by atoms with Gasteiger partial charge in [-0.2, -0.15) is 0 Å². The minimum Gasteiger partial charge on any atom is -0.378 e. The molecule has 0 aromatic heterocycles. The predicted molar refractivity (Wildman–Crippen MR) is 40.8 cm³/mol. The second kappa shape index (κ2) is 5.66. The molecule has 0 spiro atoms. The highest BCUT2D eigenvalue weighted by molar-refractivity contribution is 4.45. The van der Waals surface area contributed by atoms with Crippen molar-refractivity contribution in [2.45, 2.75) is 33.4 Å². The van der Waals surface area contributed by atoms with Gasteiger partial charge in [0.1, 0.15) is 6.17 Å². The summed E-state index contributed by atoms with van der Waals surface area (Å²) in [6.45, 7) is 6.69. The van der Waals surface area contributed by atoms with Crippen molar-refractivity contribution in [1.29, 1.82) is 0 Å². The molecule has 0 N–H and O–H groups in total. The Hall–Kier alpha value is -0.110. The summed E-state index contributed by atoms with van der Waals surface area (Å²) < 4.78 is 17.1. The van der Waals surface area contributed by atoms with E-state index in [2.05, 4.69) is 13.8 Å². The molecule has 0 aromatic rings. The summed E-state index contributed by atoms with van der Waals surface area (Å²) >= 11 is 0. The third kappa shape index (κ3) is 7.89. The van der Waals surface area contributed by atoms with Crippen molar-refractivity contribution in [3.8, 4) is 0 Å². The highest BCUT2D eigenvalue weighted by atomic mass is 19.1. The third-order valence-electron chi connectivity index (χ3n) is 1.19. The van der Waals surface area contributed by atoms with Crippen LogP contribution in [-0.4, -0.2) is 19.4 Å². The number of ether oxygens (including phenoxy) is 1. The van der Waals surface area contributed by atoms with Gasteiger partial charge in [-0.3, -0.25) is 0 Å². The monoisotopic (exact) mass is 148 g/mol. The molecular weight excluding hydrogens is 131 g/mol. The zero-order valence-corrected chi connectivity index (χ0v) is 7.06. The topological polar surface area (TPSA) is 9.23 Å². The van der Waals surface area contributed by atoms with Crippen molar-refractivity contribution in [2.24, 2.45) is 5.92 Å². The lowest BCUT2D eigenvalue weighted by molar-refractivity contribution is 0.0804. The van der Waals surface area contributed by atoms with Gasteiger partial charge in [-0.15, -0.1) is 0 Å². The van der Waals surface area contributed by atoms with Crippen molar-refractivity contribution >= 4 is 0 Å². The highest BCUT2D eigenvalue weighted by Gasteiger charge is 1.97. The van der Waals surface area contributed by atoms with Gasteiger partial charge in [-0.05, 0) is 19.3 Å². The molecule has 0 heterocycles. The molecule has 1 atom stereocenters. The predicted octanol–water partition coefficient (Wildman–Crippen LogP) is 2.41. The van der Waals surface area contributed by atoms with Gasteiger partial charge in [0.2, 0.25) is 0 Å². The first-order valence-electron chi connectivity index (χ1n) is 3.84. The molecule has 0 bridgehead atoms. The van der Waals surface area contributed by atoms with E-state index in [1.165, 1.54) is 6.92 Å². The molecular formula is C8H17FO. The van der Waals surface area contributed by atoms with Crippen molar-refractivity contribution in [2.75, 3.05) is 13.2 Å². The fourth-order valence-corrected chi connectivity index (χ4v) is 0.565.